The fraction of sp³-hybridized carbons (Fsp3) is 0.462. The molecular formula is C13H20NO2+. The molecule has 1 rings (SSSR count). The van der Waals surface area contributed by atoms with Crippen molar-refractivity contribution >= 4 is 5.97 Å². The van der Waals surface area contributed by atoms with Crippen LogP contribution in [0, 0.1) is 0 Å². The molecule has 1 aromatic rings. The fourth-order valence-electron chi connectivity index (χ4n) is 1.43. The summed E-state index contributed by atoms with van der Waals surface area (Å²) in [6, 6.07) is 9.73. The molecule has 0 saturated heterocycles. The number of benzene rings is 1. The lowest BCUT2D eigenvalue weighted by Crippen LogP contribution is -2.63. The van der Waals surface area contributed by atoms with Crippen LogP contribution >= 0.6 is 0 Å². The SMILES string of the molecule is C[C@H]([NH3+])C(=O)O[C@@H](C)[C@@H](C)c1ccccc1. The third-order valence-electron chi connectivity index (χ3n) is 2.73. The monoisotopic (exact) mass is 222 g/mol. The normalized spacial score (nSPS) is 16.2. The highest BCUT2D eigenvalue weighted by Gasteiger charge is 2.21. The van der Waals surface area contributed by atoms with E-state index in [1.807, 2.05) is 37.3 Å². The number of carbonyl (C=O) groups is 1. The standard InChI is InChI=1S/C13H19NO2/c1-9(12-7-5-4-6-8-12)11(3)16-13(15)10(2)14/h4-11H,14H2,1-3H3/p+1/t9-,10+,11+/m1/s1. The lowest BCUT2D eigenvalue weighted by Gasteiger charge is -2.21. The summed E-state index contributed by atoms with van der Waals surface area (Å²) in [5.41, 5.74) is 4.83. The summed E-state index contributed by atoms with van der Waals surface area (Å²) in [4.78, 5) is 11.4. The van der Waals surface area contributed by atoms with Crippen molar-refractivity contribution in [3.8, 4) is 0 Å². The molecule has 0 aliphatic heterocycles. The van der Waals surface area contributed by atoms with Gasteiger partial charge in [-0.3, -0.25) is 0 Å². The van der Waals surface area contributed by atoms with E-state index in [9.17, 15) is 4.79 Å². The summed E-state index contributed by atoms with van der Waals surface area (Å²) in [5.74, 6) is -0.0424. The Hall–Kier alpha value is -1.35. The summed E-state index contributed by atoms with van der Waals surface area (Å²) < 4.78 is 5.33. The van der Waals surface area contributed by atoms with Crippen molar-refractivity contribution < 1.29 is 15.3 Å². The summed E-state index contributed by atoms with van der Waals surface area (Å²) in [6.45, 7) is 5.71. The summed E-state index contributed by atoms with van der Waals surface area (Å²) >= 11 is 0. The van der Waals surface area contributed by atoms with Crippen LogP contribution in [0.1, 0.15) is 32.3 Å². The van der Waals surface area contributed by atoms with Crippen LogP contribution in [-0.4, -0.2) is 18.1 Å². The molecule has 0 amide bonds. The molecule has 3 heteroatoms. The molecule has 88 valence electrons. The van der Waals surface area contributed by atoms with E-state index in [4.69, 9.17) is 4.74 Å². The van der Waals surface area contributed by atoms with Gasteiger partial charge in [0.15, 0.2) is 6.04 Å². The minimum atomic E-state index is -0.314. The van der Waals surface area contributed by atoms with E-state index in [1.54, 1.807) is 6.92 Å². The number of rotatable bonds is 4. The molecule has 0 heterocycles. The van der Waals surface area contributed by atoms with Gasteiger partial charge in [-0.1, -0.05) is 37.3 Å². The Morgan fingerprint density at radius 3 is 2.25 bits per heavy atom. The summed E-state index contributed by atoms with van der Waals surface area (Å²) in [7, 11) is 0. The Bertz CT molecular complexity index is 335. The molecule has 0 aliphatic carbocycles. The molecule has 0 bridgehead atoms. The van der Waals surface area contributed by atoms with Crippen LogP contribution in [-0.2, 0) is 9.53 Å². The van der Waals surface area contributed by atoms with Gasteiger partial charge >= 0.3 is 5.97 Å². The van der Waals surface area contributed by atoms with E-state index in [0.29, 0.717) is 0 Å². The second-order valence-electron chi connectivity index (χ2n) is 4.24. The van der Waals surface area contributed by atoms with Gasteiger partial charge in [-0.15, -0.1) is 0 Å². The Morgan fingerprint density at radius 2 is 1.75 bits per heavy atom. The number of hydrogen-bond donors (Lipinski definition) is 1. The van der Waals surface area contributed by atoms with E-state index in [-0.39, 0.29) is 24.0 Å². The fourth-order valence-corrected chi connectivity index (χ4v) is 1.43. The Morgan fingerprint density at radius 1 is 1.19 bits per heavy atom. The van der Waals surface area contributed by atoms with Crippen molar-refractivity contribution in [2.45, 2.75) is 38.8 Å². The van der Waals surface area contributed by atoms with Gasteiger partial charge in [0.1, 0.15) is 6.10 Å². The summed E-state index contributed by atoms with van der Waals surface area (Å²) in [6.07, 6.45) is -0.126. The molecule has 3 nitrogen and oxygen atoms in total. The van der Waals surface area contributed by atoms with Gasteiger partial charge in [0.2, 0.25) is 0 Å². The van der Waals surface area contributed by atoms with Crippen LogP contribution in [0.25, 0.3) is 0 Å². The van der Waals surface area contributed by atoms with E-state index in [1.165, 1.54) is 5.56 Å². The number of esters is 1. The minimum absolute atomic E-state index is 0.126. The van der Waals surface area contributed by atoms with E-state index < -0.39 is 0 Å². The zero-order chi connectivity index (χ0) is 12.1. The first-order chi connectivity index (χ1) is 7.52. The summed E-state index contributed by atoms with van der Waals surface area (Å²) in [5, 5.41) is 0. The van der Waals surface area contributed by atoms with Gasteiger partial charge in [0.25, 0.3) is 0 Å². The molecule has 0 spiro atoms. The van der Waals surface area contributed by atoms with Crippen LogP contribution in [0.4, 0.5) is 0 Å². The number of quaternary nitrogens is 1. The highest BCUT2D eigenvalue weighted by atomic mass is 16.5. The second kappa shape index (κ2) is 5.66. The molecule has 0 unspecified atom stereocenters. The molecule has 0 fully saturated rings. The average molecular weight is 222 g/mol. The number of hydrogen-bond acceptors (Lipinski definition) is 2. The number of carbonyl (C=O) groups excluding carboxylic acids is 1. The van der Waals surface area contributed by atoms with Gasteiger partial charge in [0, 0.05) is 5.92 Å². The van der Waals surface area contributed by atoms with E-state index in [0.717, 1.165) is 0 Å². The average Bonchev–Trinajstić information content (AvgIpc) is 2.28. The van der Waals surface area contributed by atoms with Crippen molar-refractivity contribution in [2.24, 2.45) is 0 Å². The molecule has 0 aromatic heterocycles. The van der Waals surface area contributed by atoms with E-state index in [2.05, 4.69) is 12.7 Å². The first kappa shape index (κ1) is 12.7. The predicted octanol–water partition coefficient (Wildman–Crippen LogP) is 1.35. The van der Waals surface area contributed by atoms with Crippen LogP contribution in [0.2, 0.25) is 0 Å². The Balaban J connectivity index is 2.61. The highest BCUT2D eigenvalue weighted by molar-refractivity contribution is 5.73. The molecule has 3 atom stereocenters. The second-order valence-corrected chi connectivity index (χ2v) is 4.24. The first-order valence-corrected chi connectivity index (χ1v) is 5.61. The van der Waals surface area contributed by atoms with Crippen LogP contribution in [0.5, 0.6) is 0 Å². The van der Waals surface area contributed by atoms with Gasteiger partial charge < -0.3 is 10.5 Å². The molecule has 0 aliphatic rings. The third kappa shape index (κ3) is 3.35. The van der Waals surface area contributed by atoms with Crippen LogP contribution in [0.15, 0.2) is 30.3 Å². The van der Waals surface area contributed by atoms with Crippen molar-refractivity contribution in [1.82, 2.24) is 0 Å². The van der Waals surface area contributed by atoms with Crippen molar-refractivity contribution in [3.05, 3.63) is 35.9 Å². The quantitative estimate of drug-likeness (QED) is 0.782. The van der Waals surface area contributed by atoms with Crippen LogP contribution in [0.3, 0.4) is 0 Å². The maximum Gasteiger partial charge on any atom is 0.364 e. The smallest absolute Gasteiger partial charge is 0.364 e. The molecule has 1 aromatic carbocycles. The van der Waals surface area contributed by atoms with Gasteiger partial charge in [-0.05, 0) is 19.4 Å². The van der Waals surface area contributed by atoms with Crippen molar-refractivity contribution in [1.29, 1.82) is 0 Å². The Kier molecular flexibility index (Phi) is 4.50. The molecular weight excluding hydrogens is 202 g/mol. The highest BCUT2D eigenvalue weighted by Crippen LogP contribution is 2.20. The van der Waals surface area contributed by atoms with Gasteiger partial charge in [-0.2, -0.15) is 0 Å². The van der Waals surface area contributed by atoms with E-state index >= 15 is 0 Å². The lowest BCUT2D eigenvalue weighted by molar-refractivity contribution is -0.403. The molecule has 3 N–H and O–H groups in total. The predicted molar refractivity (Wildman–Crippen MR) is 62.8 cm³/mol. The largest absolute Gasteiger partial charge is 0.458 e. The Labute approximate surface area is 96.6 Å². The molecule has 16 heavy (non-hydrogen) atoms. The first-order valence-electron chi connectivity index (χ1n) is 5.61. The molecule has 0 saturated carbocycles. The van der Waals surface area contributed by atoms with Gasteiger partial charge in [0.05, 0.1) is 0 Å². The molecule has 0 radical (unpaired) electrons. The zero-order valence-electron chi connectivity index (χ0n) is 10.1. The third-order valence-corrected chi connectivity index (χ3v) is 2.73. The topological polar surface area (TPSA) is 53.9 Å². The van der Waals surface area contributed by atoms with Crippen molar-refractivity contribution in [2.75, 3.05) is 0 Å². The van der Waals surface area contributed by atoms with Crippen LogP contribution < -0.4 is 5.73 Å². The maximum absolute atomic E-state index is 11.4. The minimum Gasteiger partial charge on any atom is -0.458 e. The van der Waals surface area contributed by atoms with Crippen molar-refractivity contribution in [3.63, 3.8) is 0 Å². The zero-order valence-corrected chi connectivity index (χ0v) is 10.1. The maximum atomic E-state index is 11.4. The van der Waals surface area contributed by atoms with Gasteiger partial charge in [-0.25, -0.2) is 4.79 Å². The number of ether oxygens (including phenoxy) is 1. The lowest BCUT2D eigenvalue weighted by atomic mass is 9.96.